The molecular formula is C21H19F3N6O4S. The first-order chi connectivity index (χ1) is 16.6. The minimum atomic E-state index is -4.10. The number of anilines is 2. The highest BCUT2D eigenvalue weighted by Crippen LogP contribution is 2.35. The third-order valence-corrected chi connectivity index (χ3v) is 7.39. The van der Waals surface area contributed by atoms with E-state index in [0.717, 1.165) is 0 Å². The second-order valence-electron chi connectivity index (χ2n) is 8.26. The fourth-order valence-corrected chi connectivity index (χ4v) is 5.75. The fraction of sp³-hybridized carbons (Fsp3) is 0.286. The number of nitrogens with one attached hydrogen (secondary N) is 2. The number of benzene rings is 1. The Morgan fingerprint density at radius 3 is 2.63 bits per heavy atom. The monoisotopic (exact) mass is 508 g/mol. The number of sulfonamides is 1. The van der Waals surface area contributed by atoms with Crippen LogP contribution < -0.4 is 19.7 Å². The molecule has 1 saturated heterocycles. The quantitative estimate of drug-likeness (QED) is 0.517. The Kier molecular flexibility index (Phi) is 5.63. The Bertz CT molecular complexity index is 1390. The lowest BCUT2D eigenvalue weighted by Crippen LogP contribution is -2.43. The minimum Gasteiger partial charge on any atom is -0.489 e. The molecule has 14 heteroatoms. The van der Waals surface area contributed by atoms with Gasteiger partial charge in [0.2, 0.25) is 10.0 Å². The number of aryl methyl sites for hydroxylation is 1. The highest BCUT2D eigenvalue weighted by atomic mass is 32.2. The van der Waals surface area contributed by atoms with Crippen LogP contribution in [0.4, 0.5) is 24.7 Å². The molecule has 2 aromatic heterocycles. The van der Waals surface area contributed by atoms with Gasteiger partial charge in [-0.05, 0) is 0 Å². The Hall–Kier alpha value is -3.65. The minimum absolute atomic E-state index is 0.0844. The first-order valence-corrected chi connectivity index (χ1v) is 11.9. The molecule has 4 heterocycles. The normalized spacial score (nSPS) is 20.9. The first-order valence-electron chi connectivity index (χ1n) is 10.5. The van der Waals surface area contributed by atoms with Crippen molar-refractivity contribution in [1.82, 2.24) is 19.3 Å². The van der Waals surface area contributed by atoms with Gasteiger partial charge in [-0.3, -0.25) is 9.78 Å². The van der Waals surface area contributed by atoms with Crippen LogP contribution >= 0.6 is 0 Å². The van der Waals surface area contributed by atoms with Crippen LogP contribution in [-0.4, -0.2) is 54.6 Å². The maximum atomic E-state index is 13.6. The molecule has 2 aliphatic heterocycles. The molecule has 2 N–H and O–H groups in total. The highest BCUT2D eigenvalue weighted by Gasteiger charge is 2.41. The number of halogens is 3. The number of hydrogen-bond acceptors (Lipinski definition) is 7. The summed E-state index contributed by atoms with van der Waals surface area (Å²) in [5.41, 5.74) is -0.526. The molecule has 0 aliphatic carbocycles. The molecule has 5 rings (SSSR count). The van der Waals surface area contributed by atoms with E-state index in [-0.39, 0.29) is 34.6 Å². The molecule has 2 aliphatic rings. The van der Waals surface area contributed by atoms with Gasteiger partial charge in [-0.2, -0.15) is 0 Å². The SMILES string of the molecule is Cn1cc2c(c1C(=O)Nc1cc(F)c(F)c(F)c1)OCC1CN(c3cnccn3)CC1NS2(=O)=O. The Labute approximate surface area is 197 Å². The zero-order chi connectivity index (χ0) is 24.9. The summed E-state index contributed by atoms with van der Waals surface area (Å²) < 4.78 is 76.5. The molecule has 3 aromatic rings. The summed E-state index contributed by atoms with van der Waals surface area (Å²) in [6.07, 6.45) is 5.86. The van der Waals surface area contributed by atoms with Gasteiger partial charge in [0, 0.05) is 68.5 Å². The van der Waals surface area contributed by atoms with Gasteiger partial charge in [-0.25, -0.2) is 31.3 Å². The van der Waals surface area contributed by atoms with Gasteiger partial charge >= 0.3 is 0 Å². The van der Waals surface area contributed by atoms with Crippen LogP contribution in [0.15, 0.2) is 41.8 Å². The lowest BCUT2D eigenvalue weighted by molar-refractivity contribution is 0.101. The van der Waals surface area contributed by atoms with Crippen molar-refractivity contribution < 1.29 is 31.1 Å². The number of hydrogen-bond donors (Lipinski definition) is 2. The highest BCUT2D eigenvalue weighted by molar-refractivity contribution is 7.89. The van der Waals surface area contributed by atoms with Crippen molar-refractivity contribution in [3.05, 3.63) is 60.1 Å². The van der Waals surface area contributed by atoms with Gasteiger partial charge in [0.05, 0.1) is 12.8 Å². The molecule has 0 radical (unpaired) electrons. The molecule has 35 heavy (non-hydrogen) atoms. The van der Waals surface area contributed by atoms with Gasteiger partial charge in [-0.1, -0.05) is 0 Å². The summed E-state index contributed by atoms with van der Waals surface area (Å²) in [4.78, 5) is 22.9. The fourth-order valence-electron chi connectivity index (χ4n) is 4.26. The van der Waals surface area contributed by atoms with Crippen LogP contribution in [-0.2, 0) is 17.1 Å². The molecule has 10 nitrogen and oxygen atoms in total. The van der Waals surface area contributed by atoms with Gasteiger partial charge in [0.25, 0.3) is 5.91 Å². The summed E-state index contributed by atoms with van der Waals surface area (Å²) in [5.74, 6) is -5.40. The van der Waals surface area contributed by atoms with Crippen molar-refractivity contribution in [1.29, 1.82) is 0 Å². The van der Waals surface area contributed by atoms with E-state index in [1.165, 1.54) is 30.2 Å². The Balaban J connectivity index is 1.44. The van der Waals surface area contributed by atoms with Crippen molar-refractivity contribution in [2.24, 2.45) is 13.0 Å². The smallest absolute Gasteiger partial charge is 0.276 e. The van der Waals surface area contributed by atoms with E-state index in [1.807, 2.05) is 4.90 Å². The van der Waals surface area contributed by atoms with E-state index in [0.29, 0.717) is 31.0 Å². The predicted octanol–water partition coefficient (Wildman–Crippen LogP) is 1.66. The zero-order valence-corrected chi connectivity index (χ0v) is 19.0. The number of carbonyl (C=O) groups excluding carboxylic acids is 1. The number of ether oxygens (including phenoxy) is 1. The van der Waals surface area contributed by atoms with Crippen molar-refractivity contribution >= 4 is 27.4 Å². The molecule has 0 saturated carbocycles. The summed E-state index contributed by atoms with van der Waals surface area (Å²) in [7, 11) is -2.67. The average molecular weight is 508 g/mol. The van der Waals surface area contributed by atoms with Crippen molar-refractivity contribution in [3.63, 3.8) is 0 Å². The molecule has 1 amide bonds. The third-order valence-electron chi connectivity index (χ3n) is 5.91. The molecule has 2 atom stereocenters. The van der Waals surface area contributed by atoms with Gasteiger partial charge in [0.1, 0.15) is 10.7 Å². The zero-order valence-electron chi connectivity index (χ0n) is 18.2. The lowest BCUT2D eigenvalue weighted by Gasteiger charge is -2.23. The second-order valence-corrected chi connectivity index (χ2v) is 9.94. The van der Waals surface area contributed by atoms with Crippen LogP contribution in [0.25, 0.3) is 0 Å². The number of aromatic nitrogens is 3. The van der Waals surface area contributed by atoms with Crippen LogP contribution in [0.1, 0.15) is 10.5 Å². The second kappa shape index (κ2) is 8.53. The van der Waals surface area contributed by atoms with E-state index in [1.54, 1.807) is 6.20 Å². The number of carbonyl (C=O) groups is 1. The van der Waals surface area contributed by atoms with Crippen LogP contribution in [0.2, 0.25) is 0 Å². The number of amides is 1. The topological polar surface area (TPSA) is 118 Å². The van der Waals surface area contributed by atoms with Gasteiger partial charge < -0.3 is 19.5 Å². The molecule has 1 fully saturated rings. The van der Waals surface area contributed by atoms with E-state index < -0.39 is 39.4 Å². The molecule has 0 spiro atoms. The molecule has 2 unspecified atom stereocenters. The maximum absolute atomic E-state index is 13.6. The summed E-state index contributed by atoms with van der Waals surface area (Å²) in [6.45, 7) is 0.869. The van der Waals surface area contributed by atoms with Gasteiger partial charge in [-0.15, -0.1) is 0 Å². The van der Waals surface area contributed by atoms with E-state index in [4.69, 9.17) is 4.74 Å². The van der Waals surface area contributed by atoms with E-state index in [9.17, 15) is 26.4 Å². The maximum Gasteiger partial charge on any atom is 0.276 e. The Morgan fingerprint density at radius 1 is 1.20 bits per heavy atom. The largest absolute Gasteiger partial charge is 0.489 e. The summed E-state index contributed by atoms with van der Waals surface area (Å²) >= 11 is 0. The average Bonchev–Trinajstić information content (AvgIpc) is 3.36. The van der Waals surface area contributed by atoms with Gasteiger partial charge in [0.15, 0.2) is 28.9 Å². The Morgan fingerprint density at radius 2 is 1.94 bits per heavy atom. The van der Waals surface area contributed by atoms with Crippen LogP contribution in [0.3, 0.4) is 0 Å². The number of nitrogens with zero attached hydrogens (tertiary/aromatic N) is 4. The van der Waals surface area contributed by atoms with Crippen LogP contribution in [0.5, 0.6) is 5.75 Å². The van der Waals surface area contributed by atoms with Crippen molar-refractivity contribution in [2.45, 2.75) is 10.9 Å². The van der Waals surface area contributed by atoms with Crippen LogP contribution in [0, 0.1) is 23.4 Å². The predicted molar refractivity (Wildman–Crippen MR) is 117 cm³/mol. The van der Waals surface area contributed by atoms with E-state index in [2.05, 4.69) is 20.0 Å². The molecular weight excluding hydrogens is 489 g/mol. The summed E-state index contributed by atoms with van der Waals surface area (Å²) in [5, 5.41) is 2.26. The van der Waals surface area contributed by atoms with Crippen molar-refractivity contribution in [2.75, 3.05) is 29.9 Å². The third kappa shape index (κ3) is 4.18. The molecule has 1 aromatic carbocycles. The molecule has 0 bridgehead atoms. The summed E-state index contributed by atoms with van der Waals surface area (Å²) in [6, 6.07) is 0.760. The number of rotatable bonds is 3. The van der Waals surface area contributed by atoms with Crippen molar-refractivity contribution in [3.8, 4) is 5.75 Å². The standard InChI is InChI=1S/C21H19F3N6O4S/c1-29-9-16-20(19(29)21(31)27-12-4-13(22)18(24)14(23)5-12)34-10-11-7-30(17-6-25-2-3-26-17)8-15(11)28-35(16,32)33/h2-6,9,11,15,28H,7-8,10H2,1H3,(H,27,31). The lowest BCUT2D eigenvalue weighted by atomic mass is 10.1. The van der Waals surface area contributed by atoms with E-state index >= 15 is 0 Å². The number of fused-ring (bicyclic) bond motifs is 2. The first kappa shape index (κ1) is 23.1. The molecule has 184 valence electrons.